The van der Waals surface area contributed by atoms with Crippen LogP contribution in [0.2, 0.25) is 5.02 Å². The number of nitrogens with two attached hydrogens (primary N) is 1. The average Bonchev–Trinajstić information content (AvgIpc) is 2.45. The Hall–Kier alpha value is -2.54. The van der Waals surface area contributed by atoms with Crippen molar-refractivity contribution in [3.05, 3.63) is 56.5 Å². The first-order valence-corrected chi connectivity index (χ1v) is 6.32. The Labute approximate surface area is 125 Å². The molecule has 1 amide bonds. The number of carbonyl (C=O) groups excluding carboxylic acids is 1. The molecule has 3 N–H and O–H groups in total. The summed E-state index contributed by atoms with van der Waals surface area (Å²) in [7, 11) is 0. The first kappa shape index (κ1) is 14.4. The highest BCUT2D eigenvalue weighted by molar-refractivity contribution is 6.31. The molecule has 4 nitrogen and oxygen atoms in total. The van der Waals surface area contributed by atoms with Crippen molar-refractivity contribution >= 4 is 39.3 Å². The fourth-order valence-electron chi connectivity index (χ4n) is 2.29. The summed E-state index contributed by atoms with van der Waals surface area (Å²) in [5.41, 5.74) is 2.09. The SMILES string of the molecule is NC(=O)c1c(F)c(F)c2[nH]c3ccc(Cl)cc3c(=O)c2c1F. The first-order valence-electron chi connectivity index (χ1n) is 5.94. The highest BCUT2D eigenvalue weighted by Gasteiger charge is 2.26. The van der Waals surface area contributed by atoms with Gasteiger partial charge in [0.05, 0.1) is 10.9 Å². The van der Waals surface area contributed by atoms with Crippen LogP contribution in [0, 0.1) is 17.5 Å². The van der Waals surface area contributed by atoms with Crippen LogP contribution < -0.4 is 11.2 Å². The van der Waals surface area contributed by atoms with Gasteiger partial charge in [-0.05, 0) is 18.2 Å². The average molecular weight is 327 g/mol. The molecule has 0 aliphatic heterocycles. The largest absolute Gasteiger partial charge is 0.365 e. The minimum absolute atomic E-state index is 0.0275. The van der Waals surface area contributed by atoms with Crippen LogP contribution in [0.4, 0.5) is 13.2 Å². The summed E-state index contributed by atoms with van der Waals surface area (Å²) >= 11 is 5.77. The van der Waals surface area contributed by atoms with Crippen LogP contribution in [-0.2, 0) is 0 Å². The van der Waals surface area contributed by atoms with Crippen molar-refractivity contribution in [2.24, 2.45) is 5.73 Å². The second kappa shape index (κ2) is 4.74. The quantitative estimate of drug-likeness (QED) is 0.533. The van der Waals surface area contributed by atoms with Gasteiger partial charge in [-0.25, -0.2) is 13.2 Å². The molecule has 0 fully saturated rings. The lowest BCUT2D eigenvalue weighted by molar-refractivity contribution is 0.0991. The van der Waals surface area contributed by atoms with Crippen molar-refractivity contribution < 1.29 is 18.0 Å². The van der Waals surface area contributed by atoms with E-state index in [1.165, 1.54) is 18.2 Å². The number of halogens is 4. The van der Waals surface area contributed by atoms with Gasteiger partial charge in [-0.15, -0.1) is 0 Å². The van der Waals surface area contributed by atoms with Crippen molar-refractivity contribution in [2.45, 2.75) is 0 Å². The van der Waals surface area contributed by atoms with Crippen LogP contribution in [0.25, 0.3) is 21.8 Å². The van der Waals surface area contributed by atoms with Crippen molar-refractivity contribution in [1.29, 1.82) is 0 Å². The lowest BCUT2D eigenvalue weighted by Crippen LogP contribution is -2.20. The number of benzene rings is 2. The predicted octanol–water partition coefficient (Wildman–Crippen LogP) is 2.85. The van der Waals surface area contributed by atoms with E-state index in [0.29, 0.717) is 0 Å². The van der Waals surface area contributed by atoms with Gasteiger partial charge in [-0.1, -0.05) is 11.6 Å². The van der Waals surface area contributed by atoms with Crippen LogP contribution in [0.1, 0.15) is 10.4 Å². The number of primary amides is 1. The van der Waals surface area contributed by atoms with Gasteiger partial charge < -0.3 is 10.7 Å². The number of aromatic amines is 1. The number of carbonyl (C=O) groups is 1. The Balaban J connectivity index is 2.66. The summed E-state index contributed by atoms with van der Waals surface area (Å²) in [4.78, 5) is 25.9. The van der Waals surface area contributed by atoms with Gasteiger partial charge in [-0.3, -0.25) is 9.59 Å². The van der Waals surface area contributed by atoms with E-state index in [4.69, 9.17) is 17.3 Å². The smallest absolute Gasteiger partial charge is 0.254 e. The third-order valence-electron chi connectivity index (χ3n) is 3.28. The molecule has 8 heteroatoms. The molecule has 0 aliphatic carbocycles. The first-order chi connectivity index (χ1) is 10.3. The molecule has 1 aromatic heterocycles. The molecule has 1 heterocycles. The molecule has 0 unspecified atom stereocenters. The highest BCUT2D eigenvalue weighted by Crippen LogP contribution is 2.27. The van der Waals surface area contributed by atoms with E-state index in [2.05, 4.69) is 4.98 Å². The molecule has 0 saturated carbocycles. The molecule has 0 aliphatic rings. The number of fused-ring (bicyclic) bond motifs is 2. The molecule has 3 rings (SSSR count). The maximum atomic E-state index is 14.3. The second-order valence-electron chi connectivity index (χ2n) is 4.58. The maximum absolute atomic E-state index is 14.3. The Bertz CT molecular complexity index is 1030. The lowest BCUT2D eigenvalue weighted by Gasteiger charge is -2.09. The minimum atomic E-state index is -1.75. The molecule has 0 atom stereocenters. The molecule has 0 radical (unpaired) electrons. The molecule has 2 aromatic carbocycles. The summed E-state index contributed by atoms with van der Waals surface area (Å²) in [5.74, 6) is -6.33. The van der Waals surface area contributed by atoms with E-state index in [1.54, 1.807) is 0 Å². The molecular formula is C14H6ClF3N2O2. The number of aromatic nitrogens is 1. The number of hydrogen-bond acceptors (Lipinski definition) is 2. The molecule has 0 spiro atoms. The Morgan fingerprint density at radius 1 is 1.14 bits per heavy atom. The number of H-pyrrole nitrogens is 1. The monoisotopic (exact) mass is 326 g/mol. The summed E-state index contributed by atoms with van der Waals surface area (Å²) in [5, 5.41) is -0.613. The van der Waals surface area contributed by atoms with E-state index >= 15 is 0 Å². The van der Waals surface area contributed by atoms with Crippen molar-refractivity contribution in [3.8, 4) is 0 Å². The number of rotatable bonds is 1. The molecule has 3 aromatic rings. The molecule has 112 valence electrons. The Morgan fingerprint density at radius 3 is 2.45 bits per heavy atom. The van der Waals surface area contributed by atoms with Crippen molar-refractivity contribution in [2.75, 3.05) is 0 Å². The fourth-order valence-corrected chi connectivity index (χ4v) is 2.46. The van der Waals surface area contributed by atoms with Crippen LogP contribution in [0.5, 0.6) is 0 Å². The van der Waals surface area contributed by atoms with E-state index in [0.717, 1.165) is 0 Å². The second-order valence-corrected chi connectivity index (χ2v) is 5.01. The van der Waals surface area contributed by atoms with Gasteiger partial charge in [-0.2, -0.15) is 0 Å². The van der Waals surface area contributed by atoms with E-state index < -0.39 is 45.3 Å². The number of nitrogens with one attached hydrogen (secondary N) is 1. The van der Waals surface area contributed by atoms with Gasteiger partial charge in [0.15, 0.2) is 22.9 Å². The zero-order chi connectivity index (χ0) is 16.2. The molecule has 22 heavy (non-hydrogen) atoms. The number of hydrogen-bond donors (Lipinski definition) is 2. The molecule has 0 saturated heterocycles. The maximum Gasteiger partial charge on any atom is 0.254 e. The van der Waals surface area contributed by atoms with Crippen molar-refractivity contribution in [3.63, 3.8) is 0 Å². The summed E-state index contributed by atoms with van der Waals surface area (Å²) < 4.78 is 42.1. The van der Waals surface area contributed by atoms with Gasteiger partial charge in [0, 0.05) is 15.9 Å². The van der Waals surface area contributed by atoms with Gasteiger partial charge in [0.2, 0.25) is 0 Å². The van der Waals surface area contributed by atoms with Crippen LogP contribution in [0.15, 0.2) is 23.0 Å². The Kier molecular flexibility index (Phi) is 3.10. The molecule has 0 bridgehead atoms. The third-order valence-corrected chi connectivity index (χ3v) is 3.52. The highest BCUT2D eigenvalue weighted by atomic mass is 35.5. The van der Waals surface area contributed by atoms with E-state index in [1.807, 2.05) is 0 Å². The molecular weight excluding hydrogens is 321 g/mol. The van der Waals surface area contributed by atoms with E-state index in [9.17, 15) is 22.8 Å². The predicted molar refractivity (Wildman–Crippen MR) is 75.5 cm³/mol. The topological polar surface area (TPSA) is 76.0 Å². The van der Waals surface area contributed by atoms with Crippen molar-refractivity contribution in [1.82, 2.24) is 4.98 Å². The summed E-state index contributed by atoms with van der Waals surface area (Å²) in [6.45, 7) is 0. The summed E-state index contributed by atoms with van der Waals surface area (Å²) in [6, 6.07) is 4.05. The van der Waals surface area contributed by atoms with E-state index in [-0.39, 0.29) is 15.9 Å². The fraction of sp³-hybridized carbons (Fsp3) is 0. The Morgan fingerprint density at radius 2 is 1.82 bits per heavy atom. The summed E-state index contributed by atoms with van der Waals surface area (Å²) in [6.07, 6.45) is 0. The zero-order valence-corrected chi connectivity index (χ0v) is 11.4. The van der Waals surface area contributed by atoms with Crippen LogP contribution >= 0.6 is 11.6 Å². The lowest BCUT2D eigenvalue weighted by atomic mass is 10.0. The normalized spacial score (nSPS) is 11.3. The minimum Gasteiger partial charge on any atom is -0.365 e. The van der Waals surface area contributed by atoms with Crippen LogP contribution in [0.3, 0.4) is 0 Å². The van der Waals surface area contributed by atoms with Crippen LogP contribution in [-0.4, -0.2) is 10.9 Å². The number of amides is 1. The van der Waals surface area contributed by atoms with Gasteiger partial charge in [0.1, 0.15) is 5.56 Å². The zero-order valence-electron chi connectivity index (χ0n) is 10.6. The van der Waals surface area contributed by atoms with Gasteiger partial charge >= 0.3 is 0 Å². The van der Waals surface area contributed by atoms with Gasteiger partial charge in [0.25, 0.3) is 5.91 Å². The third kappa shape index (κ3) is 1.86. The standard InChI is InChI=1S/C14H6ClF3N2O2/c15-4-1-2-6-5(3-4)13(21)8-9(16)7(14(19)22)10(17)11(18)12(8)20-6/h1-3H,(H2,19,22)(H,20,21). The number of pyridine rings is 1.